The number of nitrogens with zero attached hydrogens (tertiary/aromatic N) is 3. The van der Waals surface area contributed by atoms with Crippen LogP contribution in [-0.2, 0) is 18.6 Å². The molecule has 1 heterocycles. The van der Waals surface area contributed by atoms with Crippen molar-refractivity contribution in [2.45, 2.75) is 31.7 Å². The molecule has 3 nitrogen and oxygen atoms in total. The van der Waals surface area contributed by atoms with Gasteiger partial charge in [-0.05, 0) is 6.92 Å². The summed E-state index contributed by atoms with van der Waals surface area (Å²) in [5.74, 6) is -5.82. The second-order valence-electron chi connectivity index (χ2n) is 3.57. The second kappa shape index (κ2) is 4.60. The van der Waals surface area contributed by atoms with Crippen molar-refractivity contribution < 1.29 is 35.1 Å². The van der Waals surface area contributed by atoms with E-state index in [1.54, 1.807) is 0 Å². The van der Waals surface area contributed by atoms with Crippen molar-refractivity contribution in [2.24, 2.45) is 0 Å². The number of hydrogen-bond donors (Lipinski definition) is 0. The normalized spacial score (nSPS) is 13.4. The summed E-state index contributed by atoms with van der Waals surface area (Å²) in [6.45, 7) is 0.670. The molecule has 0 aliphatic rings. The minimum atomic E-state index is -6.26. The molecule has 112 valence electrons. The molecule has 0 aromatic carbocycles. The van der Waals surface area contributed by atoms with Gasteiger partial charge in [0.2, 0.25) is 0 Å². The molecule has 0 fully saturated rings. The Morgan fingerprint density at radius 2 is 1.60 bits per heavy atom. The predicted octanol–water partition coefficient (Wildman–Crippen LogP) is 3.45. The third-order valence-corrected chi connectivity index (χ3v) is 2.29. The van der Waals surface area contributed by atoms with Crippen molar-refractivity contribution in [3.8, 4) is 6.07 Å². The summed E-state index contributed by atoms with van der Waals surface area (Å²) in [7, 11) is 0. The third-order valence-electron chi connectivity index (χ3n) is 2.29. The first-order valence-electron chi connectivity index (χ1n) is 4.91. The predicted molar refractivity (Wildman–Crippen MR) is 47.6 cm³/mol. The van der Waals surface area contributed by atoms with Crippen LogP contribution in [0.5, 0.6) is 0 Å². The van der Waals surface area contributed by atoms with Crippen LogP contribution in [-0.4, -0.2) is 16.0 Å². The fourth-order valence-electron chi connectivity index (χ4n) is 1.43. The topological polar surface area (TPSA) is 41.6 Å². The maximum absolute atomic E-state index is 13.1. The highest BCUT2D eigenvalue weighted by atomic mass is 19.4. The second-order valence-corrected chi connectivity index (χ2v) is 3.57. The van der Waals surface area contributed by atoms with Crippen molar-refractivity contribution in [2.75, 3.05) is 0 Å². The number of aromatic nitrogens is 2. The molecule has 1 aromatic rings. The maximum atomic E-state index is 13.1. The Morgan fingerprint density at radius 3 is 1.90 bits per heavy atom. The number of aryl methyl sites for hydroxylation is 1. The minimum absolute atomic E-state index is 0.151. The lowest BCUT2D eigenvalue weighted by atomic mass is 10.1. The number of rotatable bonds is 2. The van der Waals surface area contributed by atoms with Gasteiger partial charge in [-0.15, -0.1) is 0 Å². The first kappa shape index (κ1) is 16.2. The van der Waals surface area contributed by atoms with Crippen LogP contribution in [0, 0.1) is 11.3 Å². The highest BCUT2D eigenvalue weighted by molar-refractivity contribution is 5.40. The van der Waals surface area contributed by atoms with Crippen molar-refractivity contribution in [1.29, 1.82) is 5.26 Å². The zero-order valence-corrected chi connectivity index (χ0v) is 9.57. The van der Waals surface area contributed by atoms with Gasteiger partial charge in [0.05, 0.1) is 0 Å². The lowest BCUT2D eigenvalue weighted by Gasteiger charge is -2.19. The van der Waals surface area contributed by atoms with Crippen LogP contribution < -0.4 is 0 Å². The summed E-state index contributed by atoms with van der Waals surface area (Å²) in [4.78, 5) is 0. The number of halogens is 8. The van der Waals surface area contributed by atoms with E-state index in [1.165, 1.54) is 0 Å². The molecule has 0 saturated heterocycles. The SMILES string of the molecule is CCn1nc(C(F)(F)C(F)(F)F)c(C(F)(F)F)c1C#N. The average Bonchev–Trinajstić information content (AvgIpc) is 2.65. The van der Waals surface area contributed by atoms with E-state index in [4.69, 9.17) is 5.26 Å². The molecule has 0 bridgehead atoms. The largest absolute Gasteiger partial charge is 0.459 e. The Hall–Kier alpha value is -1.86. The highest BCUT2D eigenvalue weighted by Crippen LogP contribution is 2.48. The third kappa shape index (κ3) is 2.41. The van der Waals surface area contributed by atoms with Gasteiger partial charge in [-0.2, -0.15) is 45.5 Å². The van der Waals surface area contributed by atoms with Crippen molar-refractivity contribution in [3.05, 3.63) is 17.0 Å². The molecule has 0 saturated carbocycles. The van der Waals surface area contributed by atoms with E-state index in [-0.39, 0.29) is 4.68 Å². The van der Waals surface area contributed by atoms with Crippen molar-refractivity contribution >= 4 is 0 Å². The fraction of sp³-hybridized carbons (Fsp3) is 0.556. The number of nitriles is 1. The summed E-state index contributed by atoms with van der Waals surface area (Å²) in [6, 6.07) is 0.945. The molecule has 0 spiro atoms. The molecule has 1 rings (SSSR count). The average molecular weight is 307 g/mol. The molecule has 0 aliphatic carbocycles. The minimum Gasteiger partial charge on any atom is -0.254 e. The smallest absolute Gasteiger partial charge is 0.254 e. The summed E-state index contributed by atoms with van der Waals surface area (Å²) in [5.41, 5.74) is -6.28. The van der Waals surface area contributed by atoms with E-state index in [0.29, 0.717) is 0 Å². The zero-order chi connectivity index (χ0) is 15.9. The molecule has 0 aliphatic heterocycles. The van der Waals surface area contributed by atoms with Crippen LogP contribution in [0.15, 0.2) is 0 Å². The van der Waals surface area contributed by atoms with Crippen LogP contribution in [0.3, 0.4) is 0 Å². The summed E-state index contributed by atoms with van der Waals surface area (Å²) in [5, 5.41) is 11.1. The molecule has 11 heteroatoms. The standard InChI is InChI=1S/C9H5F8N3/c1-2-20-4(3-18)5(8(12,13)14)6(19-20)7(10,11)9(15,16)17/h2H2,1H3. The van der Waals surface area contributed by atoms with Gasteiger partial charge >= 0.3 is 18.3 Å². The lowest BCUT2D eigenvalue weighted by Crippen LogP contribution is -2.36. The highest BCUT2D eigenvalue weighted by Gasteiger charge is 2.64. The molecule has 0 atom stereocenters. The molecule has 0 unspecified atom stereocenters. The Bertz CT molecular complexity index is 545. The first-order valence-corrected chi connectivity index (χ1v) is 4.91. The van der Waals surface area contributed by atoms with Gasteiger partial charge in [-0.1, -0.05) is 0 Å². The summed E-state index contributed by atoms with van der Waals surface area (Å²) in [6.07, 6.45) is -11.8. The van der Waals surface area contributed by atoms with Gasteiger partial charge in [0.15, 0.2) is 11.4 Å². The van der Waals surface area contributed by atoms with E-state index in [1.807, 2.05) is 0 Å². The number of alkyl halides is 8. The summed E-state index contributed by atoms with van der Waals surface area (Å²) >= 11 is 0. The van der Waals surface area contributed by atoms with Crippen molar-refractivity contribution in [3.63, 3.8) is 0 Å². The van der Waals surface area contributed by atoms with E-state index in [9.17, 15) is 35.1 Å². The van der Waals surface area contributed by atoms with E-state index < -0.39 is 41.8 Å². The van der Waals surface area contributed by atoms with Crippen LogP contribution in [0.25, 0.3) is 0 Å². The Kier molecular flexibility index (Phi) is 3.73. The molecule has 0 amide bonds. The first-order chi connectivity index (χ1) is 8.87. The maximum Gasteiger partial charge on any atom is 0.459 e. The van der Waals surface area contributed by atoms with Crippen molar-refractivity contribution in [1.82, 2.24) is 9.78 Å². The van der Waals surface area contributed by atoms with Crippen LogP contribution >= 0.6 is 0 Å². The molecule has 20 heavy (non-hydrogen) atoms. The lowest BCUT2D eigenvalue weighted by molar-refractivity contribution is -0.292. The fourth-order valence-corrected chi connectivity index (χ4v) is 1.43. The Labute approximate surface area is 106 Å². The van der Waals surface area contributed by atoms with E-state index in [2.05, 4.69) is 5.10 Å². The molecular formula is C9H5F8N3. The van der Waals surface area contributed by atoms with Gasteiger partial charge in [-0.3, -0.25) is 4.68 Å². The van der Waals surface area contributed by atoms with Gasteiger partial charge < -0.3 is 0 Å². The van der Waals surface area contributed by atoms with E-state index >= 15 is 0 Å². The van der Waals surface area contributed by atoms with Crippen LogP contribution in [0.1, 0.15) is 23.9 Å². The van der Waals surface area contributed by atoms with Gasteiger partial charge in [0, 0.05) is 6.54 Å². The van der Waals surface area contributed by atoms with Gasteiger partial charge in [0.1, 0.15) is 11.6 Å². The summed E-state index contributed by atoms with van der Waals surface area (Å²) < 4.78 is 101. The number of hydrogen-bond acceptors (Lipinski definition) is 2. The molecule has 1 aromatic heterocycles. The Morgan fingerprint density at radius 1 is 1.10 bits per heavy atom. The molecular weight excluding hydrogens is 302 g/mol. The zero-order valence-electron chi connectivity index (χ0n) is 9.57. The van der Waals surface area contributed by atoms with Crippen LogP contribution in [0.4, 0.5) is 35.1 Å². The Balaban J connectivity index is 3.74. The van der Waals surface area contributed by atoms with Gasteiger partial charge in [0.25, 0.3) is 0 Å². The molecule has 0 N–H and O–H groups in total. The van der Waals surface area contributed by atoms with Gasteiger partial charge in [-0.25, -0.2) is 0 Å². The molecule has 0 radical (unpaired) electrons. The quantitative estimate of drug-likeness (QED) is 0.785. The monoisotopic (exact) mass is 307 g/mol. The van der Waals surface area contributed by atoms with E-state index in [0.717, 1.165) is 13.0 Å². The van der Waals surface area contributed by atoms with Crippen LogP contribution in [0.2, 0.25) is 0 Å².